The fourth-order valence-corrected chi connectivity index (χ4v) is 7.59. The molecule has 4 rings (SSSR count). The second kappa shape index (κ2) is 7.89. The first kappa shape index (κ1) is 25.3. The van der Waals surface area contributed by atoms with Crippen LogP contribution in [0.4, 0.5) is 0 Å². The number of aliphatic carboxylic acids is 1. The summed E-state index contributed by atoms with van der Waals surface area (Å²) in [6.45, 7) is 3.13. The summed E-state index contributed by atoms with van der Waals surface area (Å²) in [5.74, 6) is -3.44. The molecule has 1 saturated heterocycles. The van der Waals surface area contributed by atoms with E-state index in [0.29, 0.717) is 0 Å². The second-order valence-electron chi connectivity index (χ2n) is 7.82. The minimum atomic E-state index is -3.91. The summed E-state index contributed by atoms with van der Waals surface area (Å²) in [6.07, 6.45) is 2.09. The van der Waals surface area contributed by atoms with Crippen molar-refractivity contribution in [1.29, 1.82) is 0 Å². The molecule has 0 aliphatic carbocycles. The largest absolute Gasteiger partial charge is 1.00 e. The number of imidazole rings is 1. The normalized spacial score (nSPS) is 24.3. The minimum Gasteiger partial charge on any atom is -0.543 e. The van der Waals surface area contributed by atoms with Crippen LogP contribution in [0.25, 0.3) is 10.4 Å². The summed E-state index contributed by atoms with van der Waals surface area (Å²) in [4.78, 5) is 29.5. The molecule has 11 nitrogen and oxygen atoms in total. The monoisotopic (exact) mass is 511 g/mol. The van der Waals surface area contributed by atoms with Crippen LogP contribution in [0.2, 0.25) is 0 Å². The van der Waals surface area contributed by atoms with E-state index in [1.807, 2.05) is 0 Å². The summed E-state index contributed by atoms with van der Waals surface area (Å²) in [5, 5.41) is 20.9. The number of sulfone groups is 2. The zero-order valence-electron chi connectivity index (χ0n) is 17.8. The third kappa shape index (κ3) is 3.56. The Morgan fingerprint density at radius 2 is 1.84 bits per heavy atom. The number of hydrogen-bond acceptors (Lipinski definition) is 10. The third-order valence-electron chi connectivity index (χ3n) is 5.57. The van der Waals surface area contributed by atoms with Crippen LogP contribution >= 0.6 is 11.3 Å². The predicted molar refractivity (Wildman–Crippen MR) is 106 cm³/mol. The van der Waals surface area contributed by atoms with E-state index in [9.17, 15) is 36.6 Å². The van der Waals surface area contributed by atoms with Crippen molar-refractivity contribution in [3.8, 4) is 0 Å². The van der Waals surface area contributed by atoms with E-state index in [0.717, 1.165) is 33.1 Å². The molecule has 1 fully saturated rings. The number of carbonyl (C=O) groups excluding carboxylic acids is 2. The number of carboxylic acids is 1. The van der Waals surface area contributed by atoms with Crippen molar-refractivity contribution in [2.75, 3.05) is 12.5 Å². The van der Waals surface area contributed by atoms with Gasteiger partial charge in [-0.15, -0.1) is 11.3 Å². The number of hydrogen-bond donors (Lipinski definition) is 1. The van der Waals surface area contributed by atoms with Gasteiger partial charge in [0.15, 0.2) is 14.9 Å². The standard InChI is InChI=1S/C17H19N3O8S3.Na/c1-6-9(12(16(23)24)20-11(6)10(7(2)21)14(20)22)8-5-19-15(29-8)13(30(3,25)26)18-17(19)31(4,27)28;/h5-7,10-11,21H,1-4H3,(H,23,24);/q;+1/p-1/t6-,7+,10+,11+;/m0./s1. The molecule has 4 heterocycles. The van der Waals surface area contributed by atoms with Gasteiger partial charge < -0.3 is 19.9 Å². The molecule has 168 valence electrons. The fourth-order valence-electron chi connectivity index (χ4n) is 4.34. The summed E-state index contributed by atoms with van der Waals surface area (Å²) >= 11 is 0.860. The number of aliphatic hydroxyl groups excluding tert-OH is 1. The van der Waals surface area contributed by atoms with Gasteiger partial charge in [0.05, 0.1) is 34.6 Å². The van der Waals surface area contributed by atoms with Gasteiger partial charge in [-0.3, -0.25) is 9.20 Å². The molecule has 32 heavy (non-hydrogen) atoms. The molecular weight excluding hydrogens is 493 g/mol. The SMILES string of the molecule is C[C@@H](O)[C@H]1C(=O)N2C(C(=O)[O-])=C(c3cn4c(S(C)(=O)=O)nc(S(C)(=O)=O)c4s3)[C@H](C)[C@H]12.[Na+]. The van der Waals surface area contributed by atoms with Gasteiger partial charge in [0.1, 0.15) is 4.83 Å². The number of thiazole rings is 1. The van der Waals surface area contributed by atoms with Gasteiger partial charge in [0, 0.05) is 30.2 Å². The Labute approximate surface area is 209 Å². The number of amides is 1. The third-order valence-corrected chi connectivity index (χ3v) is 8.77. The first-order chi connectivity index (χ1) is 14.2. The van der Waals surface area contributed by atoms with E-state index in [-0.39, 0.29) is 50.5 Å². The summed E-state index contributed by atoms with van der Waals surface area (Å²) in [6, 6.07) is -0.598. The van der Waals surface area contributed by atoms with Gasteiger partial charge in [0.2, 0.25) is 20.9 Å². The van der Waals surface area contributed by atoms with Gasteiger partial charge in [-0.2, -0.15) is 0 Å². The Morgan fingerprint density at radius 3 is 2.31 bits per heavy atom. The molecule has 0 aromatic carbocycles. The van der Waals surface area contributed by atoms with E-state index in [4.69, 9.17) is 0 Å². The van der Waals surface area contributed by atoms with Gasteiger partial charge in [-0.05, 0) is 6.92 Å². The minimum absolute atomic E-state index is 0. The number of rotatable bonds is 5. The van der Waals surface area contributed by atoms with E-state index in [1.165, 1.54) is 13.1 Å². The zero-order chi connectivity index (χ0) is 23.2. The smallest absolute Gasteiger partial charge is 0.543 e. The van der Waals surface area contributed by atoms with E-state index in [1.54, 1.807) is 6.92 Å². The molecule has 2 aromatic rings. The molecular formula is C17H18N3NaO8S3. The Hall–Kier alpha value is -1.29. The van der Waals surface area contributed by atoms with Crippen molar-refractivity contribution < 1.29 is 66.2 Å². The number of nitrogens with zero attached hydrogens (tertiary/aromatic N) is 3. The van der Waals surface area contributed by atoms with E-state index >= 15 is 0 Å². The molecule has 0 spiro atoms. The first-order valence-electron chi connectivity index (χ1n) is 9.05. The van der Waals surface area contributed by atoms with Crippen molar-refractivity contribution in [2.24, 2.45) is 11.8 Å². The van der Waals surface area contributed by atoms with Gasteiger partial charge in [-0.1, -0.05) is 6.92 Å². The topological polar surface area (TPSA) is 166 Å². The fraction of sp³-hybridized carbons (Fsp3) is 0.471. The molecule has 0 radical (unpaired) electrons. The molecule has 2 aliphatic heterocycles. The van der Waals surface area contributed by atoms with Gasteiger partial charge >= 0.3 is 29.6 Å². The Morgan fingerprint density at radius 1 is 1.25 bits per heavy atom. The number of aliphatic hydroxyl groups is 1. The van der Waals surface area contributed by atoms with Crippen LogP contribution < -0.4 is 34.7 Å². The molecule has 1 N–H and O–H groups in total. The van der Waals surface area contributed by atoms with Gasteiger partial charge in [0.25, 0.3) is 0 Å². The molecule has 4 atom stereocenters. The van der Waals surface area contributed by atoms with Crippen molar-refractivity contribution in [3.63, 3.8) is 0 Å². The Balaban J connectivity index is 0.00000289. The average Bonchev–Trinajstić information content (AvgIpc) is 3.21. The first-order valence-corrected chi connectivity index (χ1v) is 13.6. The van der Waals surface area contributed by atoms with Crippen LogP contribution in [0.3, 0.4) is 0 Å². The van der Waals surface area contributed by atoms with Crippen LogP contribution in [0.5, 0.6) is 0 Å². The molecule has 0 unspecified atom stereocenters. The maximum atomic E-state index is 12.5. The summed E-state index contributed by atoms with van der Waals surface area (Å²) in [5.41, 5.74) is -0.146. The van der Waals surface area contributed by atoms with Gasteiger partial charge in [-0.25, -0.2) is 21.8 Å². The van der Waals surface area contributed by atoms with Crippen LogP contribution in [-0.4, -0.2) is 72.8 Å². The Kier molecular flexibility index (Phi) is 6.25. The number of carbonyl (C=O) groups is 2. The summed E-state index contributed by atoms with van der Waals surface area (Å²) < 4.78 is 49.8. The van der Waals surface area contributed by atoms with Crippen molar-refractivity contribution in [2.45, 2.75) is 36.2 Å². The maximum Gasteiger partial charge on any atom is 1.00 e. The van der Waals surface area contributed by atoms with Crippen LogP contribution in [-0.2, 0) is 29.3 Å². The zero-order valence-corrected chi connectivity index (χ0v) is 22.2. The molecule has 1 amide bonds. The summed E-state index contributed by atoms with van der Waals surface area (Å²) in [7, 11) is -7.80. The van der Waals surface area contributed by atoms with E-state index in [2.05, 4.69) is 4.98 Å². The quantitative estimate of drug-likeness (QED) is 0.308. The number of aromatic nitrogens is 2. The molecule has 2 aromatic heterocycles. The Bertz CT molecular complexity index is 1340. The van der Waals surface area contributed by atoms with E-state index < -0.39 is 65.7 Å². The average molecular weight is 512 g/mol. The molecule has 0 saturated carbocycles. The molecule has 0 bridgehead atoms. The predicted octanol–water partition coefficient (Wildman–Crippen LogP) is -4.47. The van der Waals surface area contributed by atoms with Crippen LogP contribution in [0.15, 0.2) is 22.1 Å². The number of β-lactam (4-membered cyclic amide) rings is 1. The number of fused-ring (bicyclic) bond motifs is 2. The molecule has 15 heteroatoms. The van der Waals surface area contributed by atoms with Crippen molar-refractivity contribution in [1.82, 2.24) is 14.3 Å². The van der Waals surface area contributed by atoms with Crippen LogP contribution in [0.1, 0.15) is 18.7 Å². The maximum absolute atomic E-state index is 12.5. The van der Waals surface area contributed by atoms with Crippen molar-refractivity contribution >= 4 is 53.3 Å². The van der Waals surface area contributed by atoms with Crippen LogP contribution in [0, 0.1) is 11.8 Å². The van der Waals surface area contributed by atoms with Crippen molar-refractivity contribution in [3.05, 3.63) is 16.8 Å². The number of carboxylic acid groups (broad SMARTS) is 1. The molecule has 2 aliphatic rings. The second-order valence-corrected chi connectivity index (χ2v) is 12.7.